The van der Waals surface area contributed by atoms with E-state index in [1.807, 2.05) is 30.3 Å². The lowest BCUT2D eigenvalue weighted by molar-refractivity contribution is -1.05. The molecular weight excluding hydrogens is 352 g/mol. The van der Waals surface area contributed by atoms with Crippen molar-refractivity contribution in [1.29, 1.82) is 0 Å². The molecule has 0 amide bonds. The summed E-state index contributed by atoms with van der Waals surface area (Å²) < 4.78 is 19.3. The number of carbonyl (C=O) groups excluding carboxylic acids is 3. The highest BCUT2D eigenvalue weighted by Crippen LogP contribution is 2.02. The maximum absolute atomic E-state index is 11.8. The molecule has 7 nitrogen and oxygen atoms in total. The number of esters is 2. The highest BCUT2D eigenvalue weighted by atomic mass is 17.1. The summed E-state index contributed by atoms with van der Waals surface area (Å²) in [7, 11) is 0. The molecule has 0 heterocycles. The predicted octanol–water partition coefficient (Wildman–Crippen LogP) is 1.03. The number of hydrogen-bond donors (Lipinski definition) is 0. The van der Waals surface area contributed by atoms with E-state index in [1.165, 1.54) is 0 Å². The lowest BCUT2D eigenvalue weighted by Gasteiger charge is -2.05. The third-order valence-electron chi connectivity index (χ3n) is 3.46. The number of ketones is 1. The van der Waals surface area contributed by atoms with Gasteiger partial charge in [-0.1, -0.05) is 60.7 Å². The molecule has 0 N–H and O–H groups in total. The Morgan fingerprint density at radius 3 is 2.04 bits per heavy atom. The van der Waals surface area contributed by atoms with Crippen LogP contribution in [0.25, 0.3) is 0 Å². The topological polar surface area (TPSA) is 96.2 Å². The zero-order valence-electron chi connectivity index (χ0n) is 14.7. The number of ether oxygens (including phenoxy) is 3. The summed E-state index contributed by atoms with van der Waals surface area (Å²) in [5, 5.41) is 10.7. The first-order chi connectivity index (χ1) is 13.2. The van der Waals surface area contributed by atoms with Gasteiger partial charge in [-0.05, 0) is 5.56 Å². The SMILES string of the molecule is O=C(OCCOCCOC(Cc1ccccc1)=[O+][O-])C(=O)c1ccccc1. The summed E-state index contributed by atoms with van der Waals surface area (Å²) in [5.74, 6) is -1.68. The molecule has 2 aromatic carbocycles. The van der Waals surface area contributed by atoms with Crippen LogP contribution in [-0.2, 0) is 30.0 Å². The molecule has 2 rings (SSSR count). The van der Waals surface area contributed by atoms with Crippen molar-refractivity contribution >= 4 is 17.7 Å². The van der Waals surface area contributed by atoms with E-state index < -0.39 is 11.8 Å². The van der Waals surface area contributed by atoms with E-state index in [2.05, 4.69) is 4.58 Å². The van der Waals surface area contributed by atoms with E-state index in [9.17, 15) is 14.8 Å². The first-order valence-electron chi connectivity index (χ1n) is 8.37. The van der Waals surface area contributed by atoms with E-state index >= 15 is 0 Å². The lowest BCUT2D eigenvalue weighted by Crippen LogP contribution is -2.21. The quantitative estimate of drug-likeness (QED) is 0.118. The van der Waals surface area contributed by atoms with Gasteiger partial charge in [-0.25, -0.2) is 4.79 Å². The van der Waals surface area contributed by atoms with Crippen molar-refractivity contribution in [3.05, 3.63) is 71.8 Å². The smallest absolute Gasteiger partial charge is 0.501 e. The van der Waals surface area contributed by atoms with Crippen LogP contribution in [0.3, 0.4) is 0 Å². The molecule has 0 unspecified atom stereocenters. The highest BCUT2D eigenvalue weighted by Gasteiger charge is 2.17. The Bertz CT molecular complexity index is 735. The van der Waals surface area contributed by atoms with Gasteiger partial charge in [0.05, 0.1) is 6.61 Å². The molecule has 2 aromatic rings. The Kier molecular flexibility index (Phi) is 8.52. The molecule has 0 aliphatic heterocycles. The third kappa shape index (κ3) is 7.29. The Hall–Kier alpha value is -3.19. The Morgan fingerprint density at radius 1 is 0.815 bits per heavy atom. The van der Waals surface area contributed by atoms with Crippen molar-refractivity contribution in [1.82, 2.24) is 0 Å². The summed E-state index contributed by atoms with van der Waals surface area (Å²) in [6.07, 6.45) is 0.254. The first kappa shape index (κ1) is 20.1. The van der Waals surface area contributed by atoms with Gasteiger partial charge in [-0.15, -0.1) is 0 Å². The van der Waals surface area contributed by atoms with Crippen molar-refractivity contribution in [2.45, 2.75) is 6.42 Å². The maximum atomic E-state index is 11.8. The zero-order chi connectivity index (χ0) is 19.3. The second kappa shape index (κ2) is 11.4. The predicted molar refractivity (Wildman–Crippen MR) is 93.7 cm³/mol. The van der Waals surface area contributed by atoms with Crippen molar-refractivity contribution < 1.29 is 33.6 Å². The van der Waals surface area contributed by atoms with Crippen LogP contribution < -0.4 is 5.26 Å². The Morgan fingerprint density at radius 2 is 1.41 bits per heavy atom. The molecule has 0 aromatic heterocycles. The van der Waals surface area contributed by atoms with E-state index in [0.29, 0.717) is 0 Å². The molecule has 0 bridgehead atoms. The van der Waals surface area contributed by atoms with E-state index in [0.717, 1.165) is 5.56 Å². The molecule has 27 heavy (non-hydrogen) atoms. The molecular formula is C20H20O7. The normalized spacial score (nSPS) is 11.0. The van der Waals surface area contributed by atoms with Gasteiger partial charge in [0, 0.05) is 5.56 Å². The van der Waals surface area contributed by atoms with Crippen molar-refractivity contribution in [3.63, 3.8) is 0 Å². The van der Waals surface area contributed by atoms with Gasteiger partial charge < -0.3 is 19.5 Å². The fraction of sp³-hybridized carbons (Fsp3) is 0.250. The Balaban J connectivity index is 1.56. The molecule has 7 heteroatoms. The van der Waals surface area contributed by atoms with Crippen LogP contribution >= 0.6 is 0 Å². The van der Waals surface area contributed by atoms with Crippen LogP contribution in [0.4, 0.5) is 0 Å². The Labute approximate surface area is 156 Å². The average Bonchev–Trinajstić information content (AvgIpc) is 2.72. The summed E-state index contributed by atoms with van der Waals surface area (Å²) in [5.41, 5.74) is 1.16. The van der Waals surface area contributed by atoms with Crippen LogP contribution in [0.5, 0.6) is 0 Å². The summed E-state index contributed by atoms with van der Waals surface area (Å²) in [6, 6.07) is 17.4. The van der Waals surface area contributed by atoms with Gasteiger partial charge in [-0.3, -0.25) is 9.37 Å². The van der Waals surface area contributed by atoms with Crippen LogP contribution in [0.1, 0.15) is 15.9 Å². The van der Waals surface area contributed by atoms with E-state index in [1.54, 1.807) is 30.3 Å². The molecule has 0 fully saturated rings. The van der Waals surface area contributed by atoms with Crippen LogP contribution in [0, 0.1) is 0 Å². The van der Waals surface area contributed by atoms with Crippen LogP contribution in [0.2, 0.25) is 0 Å². The molecule has 142 valence electrons. The van der Waals surface area contributed by atoms with Crippen molar-refractivity contribution in [3.8, 4) is 0 Å². The fourth-order valence-corrected chi connectivity index (χ4v) is 2.15. The van der Waals surface area contributed by atoms with Gasteiger partial charge in [0.1, 0.15) is 19.6 Å². The summed E-state index contributed by atoms with van der Waals surface area (Å²) in [4.78, 5) is 23.4. The average molecular weight is 372 g/mol. The number of benzene rings is 2. The molecule has 0 radical (unpaired) electrons. The zero-order valence-corrected chi connectivity index (χ0v) is 14.7. The van der Waals surface area contributed by atoms with Crippen molar-refractivity contribution in [2.75, 3.05) is 26.4 Å². The van der Waals surface area contributed by atoms with Gasteiger partial charge in [0.15, 0.2) is 0 Å². The molecule has 0 saturated heterocycles. The van der Waals surface area contributed by atoms with E-state index in [4.69, 9.17) is 14.2 Å². The molecule has 0 spiro atoms. The van der Waals surface area contributed by atoms with Gasteiger partial charge in [0.25, 0.3) is 5.78 Å². The highest BCUT2D eigenvalue weighted by molar-refractivity contribution is 6.40. The molecule has 0 atom stereocenters. The second-order valence-electron chi connectivity index (χ2n) is 5.41. The number of hydrogen-bond acceptors (Lipinski definition) is 6. The monoisotopic (exact) mass is 372 g/mol. The van der Waals surface area contributed by atoms with Gasteiger partial charge in [-0.2, -0.15) is 0 Å². The number of Topliss-reactive ketones (excluding diaryl/α,β-unsaturated/α-hetero) is 1. The second-order valence-corrected chi connectivity index (χ2v) is 5.41. The van der Waals surface area contributed by atoms with Crippen LogP contribution in [0.15, 0.2) is 60.7 Å². The summed E-state index contributed by atoms with van der Waals surface area (Å²) in [6.45, 7) is 0.326. The van der Waals surface area contributed by atoms with Gasteiger partial charge in [0.2, 0.25) is 6.61 Å². The molecule has 0 saturated carbocycles. The van der Waals surface area contributed by atoms with Gasteiger partial charge >= 0.3 is 11.9 Å². The first-order valence-corrected chi connectivity index (χ1v) is 8.37. The number of rotatable bonds is 10. The lowest BCUT2D eigenvalue weighted by atomic mass is 10.1. The van der Waals surface area contributed by atoms with E-state index in [-0.39, 0.29) is 44.4 Å². The minimum absolute atomic E-state index is 0.0512. The van der Waals surface area contributed by atoms with Crippen molar-refractivity contribution in [2.24, 2.45) is 0 Å². The standard InChI is InChI=1S/C20H20O7/c21-19(17-9-5-2-6-10-17)20(22)26-14-12-24-11-13-25-18(27-23)15-16-7-3-1-4-8-16/h1-10H,11-15H2. The maximum Gasteiger partial charge on any atom is 0.501 e. The fourth-order valence-electron chi connectivity index (χ4n) is 2.15. The minimum atomic E-state index is -0.931. The van der Waals surface area contributed by atoms with Crippen LogP contribution in [-0.4, -0.2) is 44.1 Å². The molecule has 0 aliphatic carbocycles. The molecule has 0 aliphatic rings. The summed E-state index contributed by atoms with van der Waals surface area (Å²) >= 11 is 0. The minimum Gasteiger partial charge on any atom is -0.588 e. The third-order valence-corrected chi connectivity index (χ3v) is 3.46. The largest absolute Gasteiger partial charge is 0.588 e. The number of carbonyl (C=O) groups is 2.